The molecular formula is C19H23N3O4S. The Hall–Kier alpha value is -2.19. The van der Waals surface area contributed by atoms with Gasteiger partial charge in [-0.15, -0.1) is 0 Å². The third-order valence-corrected chi connectivity index (χ3v) is 6.82. The van der Waals surface area contributed by atoms with E-state index >= 15 is 0 Å². The molecule has 0 saturated heterocycles. The van der Waals surface area contributed by atoms with E-state index in [0.717, 1.165) is 24.0 Å². The van der Waals surface area contributed by atoms with E-state index < -0.39 is 10.0 Å². The number of aromatic nitrogens is 1. The van der Waals surface area contributed by atoms with Crippen molar-refractivity contribution in [1.29, 1.82) is 0 Å². The molecule has 0 bridgehead atoms. The molecule has 1 fully saturated rings. The van der Waals surface area contributed by atoms with Crippen LogP contribution in [0.1, 0.15) is 42.3 Å². The average molecular weight is 389 g/mol. The Morgan fingerprint density at radius 1 is 1.30 bits per heavy atom. The Balaban J connectivity index is 1.47. The van der Waals surface area contributed by atoms with Gasteiger partial charge in [0.1, 0.15) is 5.76 Å². The van der Waals surface area contributed by atoms with E-state index in [-0.39, 0.29) is 22.8 Å². The molecule has 0 spiro atoms. The molecule has 1 aliphatic carbocycles. The Morgan fingerprint density at radius 2 is 2.07 bits per heavy atom. The van der Waals surface area contributed by atoms with Crippen molar-refractivity contribution in [3.05, 3.63) is 46.8 Å². The largest absolute Gasteiger partial charge is 0.361 e. The predicted molar refractivity (Wildman–Crippen MR) is 98.2 cm³/mol. The molecular weight excluding hydrogens is 366 g/mol. The number of hydrogen-bond acceptors (Lipinski definition) is 5. The van der Waals surface area contributed by atoms with E-state index in [1.54, 1.807) is 25.1 Å². The summed E-state index contributed by atoms with van der Waals surface area (Å²) < 4.78 is 32.7. The van der Waals surface area contributed by atoms with Crippen molar-refractivity contribution in [3.63, 3.8) is 0 Å². The van der Waals surface area contributed by atoms with Gasteiger partial charge in [0.2, 0.25) is 15.9 Å². The van der Waals surface area contributed by atoms with Gasteiger partial charge in [0.25, 0.3) is 0 Å². The van der Waals surface area contributed by atoms with Crippen LogP contribution in [-0.4, -0.2) is 30.9 Å². The highest BCUT2D eigenvalue weighted by Crippen LogP contribution is 2.47. The molecule has 1 saturated carbocycles. The van der Waals surface area contributed by atoms with Crippen molar-refractivity contribution < 1.29 is 17.7 Å². The minimum Gasteiger partial charge on any atom is -0.361 e. The molecule has 7 nitrogen and oxygen atoms in total. The Labute approximate surface area is 158 Å². The second-order valence-corrected chi connectivity index (χ2v) is 9.49. The summed E-state index contributed by atoms with van der Waals surface area (Å²) in [4.78, 5) is 14.7. The fourth-order valence-corrected chi connectivity index (χ4v) is 4.46. The predicted octanol–water partition coefficient (Wildman–Crippen LogP) is 2.15. The van der Waals surface area contributed by atoms with Crippen LogP contribution in [0.25, 0.3) is 0 Å². The standard InChI is InChI=1S/C19H23N3O4S/c1-13-9-16(21-26-13)11-20-27(24,25)17-4-3-15-12-22(8-5-14(15)10-17)18(23)19(2)6-7-19/h3-4,9-10,20H,5-8,11-12H2,1-2H3. The molecule has 144 valence electrons. The third kappa shape index (κ3) is 3.64. The quantitative estimate of drug-likeness (QED) is 0.846. The first-order valence-corrected chi connectivity index (χ1v) is 10.6. The van der Waals surface area contributed by atoms with Gasteiger partial charge < -0.3 is 9.42 Å². The molecule has 2 aromatic rings. The van der Waals surface area contributed by atoms with Crippen molar-refractivity contribution in [2.75, 3.05) is 6.54 Å². The van der Waals surface area contributed by atoms with Crippen LogP contribution in [0.3, 0.4) is 0 Å². The molecule has 2 aliphatic rings. The zero-order valence-electron chi connectivity index (χ0n) is 15.5. The molecule has 1 aliphatic heterocycles. The number of nitrogens with zero attached hydrogens (tertiary/aromatic N) is 2. The van der Waals surface area contributed by atoms with Gasteiger partial charge in [0, 0.05) is 24.6 Å². The van der Waals surface area contributed by atoms with Crippen LogP contribution in [0.4, 0.5) is 0 Å². The van der Waals surface area contributed by atoms with Crippen molar-refractivity contribution >= 4 is 15.9 Å². The number of sulfonamides is 1. The highest BCUT2D eigenvalue weighted by Gasteiger charge is 2.47. The van der Waals surface area contributed by atoms with Crippen LogP contribution in [0.2, 0.25) is 0 Å². The first-order valence-electron chi connectivity index (χ1n) is 9.10. The lowest BCUT2D eigenvalue weighted by Gasteiger charge is -2.31. The Morgan fingerprint density at radius 3 is 2.74 bits per heavy atom. The molecule has 1 amide bonds. The maximum absolute atomic E-state index is 12.6. The van der Waals surface area contributed by atoms with E-state index in [1.165, 1.54) is 0 Å². The Bertz CT molecular complexity index is 992. The third-order valence-electron chi connectivity index (χ3n) is 5.42. The summed E-state index contributed by atoms with van der Waals surface area (Å²) in [6.07, 6.45) is 2.59. The van der Waals surface area contributed by atoms with Crippen LogP contribution < -0.4 is 4.72 Å². The zero-order chi connectivity index (χ0) is 19.2. The van der Waals surface area contributed by atoms with Crippen molar-refractivity contribution in [1.82, 2.24) is 14.8 Å². The number of hydrogen-bond donors (Lipinski definition) is 1. The van der Waals surface area contributed by atoms with Crippen LogP contribution in [0, 0.1) is 12.3 Å². The highest BCUT2D eigenvalue weighted by molar-refractivity contribution is 7.89. The Kier molecular flexibility index (Phi) is 4.35. The molecule has 27 heavy (non-hydrogen) atoms. The van der Waals surface area contributed by atoms with Gasteiger partial charge in [0.15, 0.2) is 0 Å². The second-order valence-electron chi connectivity index (χ2n) is 7.72. The molecule has 1 N–H and O–H groups in total. The van der Waals surface area contributed by atoms with Crippen LogP contribution in [0.5, 0.6) is 0 Å². The van der Waals surface area contributed by atoms with Crippen molar-refractivity contribution in [2.24, 2.45) is 5.41 Å². The number of rotatable bonds is 5. The minimum absolute atomic E-state index is 0.0810. The lowest BCUT2D eigenvalue weighted by atomic mass is 9.98. The van der Waals surface area contributed by atoms with Gasteiger partial charge in [-0.2, -0.15) is 0 Å². The summed E-state index contributed by atoms with van der Waals surface area (Å²) in [5.41, 5.74) is 2.37. The summed E-state index contributed by atoms with van der Waals surface area (Å²) >= 11 is 0. The highest BCUT2D eigenvalue weighted by atomic mass is 32.2. The number of fused-ring (bicyclic) bond motifs is 1. The fourth-order valence-electron chi connectivity index (χ4n) is 3.41. The van der Waals surface area contributed by atoms with Gasteiger partial charge in [-0.1, -0.05) is 18.1 Å². The average Bonchev–Trinajstić information content (AvgIpc) is 3.27. The minimum atomic E-state index is -3.64. The molecule has 8 heteroatoms. The van der Waals surface area contributed by atoms with Gasteiger partial charge >= 0.3 is 0 Å². The summed E-state index contributed by atoms with van der Waals surface area (Å²) in [7, 11) is -3.64. The first kappa shape index (κ1) is 18.2. The number of carbonyl (C=O) groups is 1. The summed E-state index contributed by atoms with van der Waals surface area (Å²) in [5, 5.41) is 3.79. The monoisotopic (exact) mass is 389 g/mol. The van der Waals surface area contributed by atoms with E-state index in [9.17, 15) is 13.2 Å². The lowest BCUT2D eigenvalue weighted by Crippen LogP contribution is -2.39. The normalized spacial score (nSPS) is 18.2. The topological polar surface area (TPSA) is 92.5 Å². The maximum atomic E-state index is 12.6. The van der Waals surface area contributed by atoms with Crippen LogP contribution >= 0.6 is 0 Å². The van der Waals surface area contributed by atoms with E-state index in [2.05, 4.69) is 9.88 Å². The van der Waals surface area contributed by atoms with Gasteiger partial charge in [0.05, 0.1) is 17.1 Å². The van der Waals surface area contributed by atoms with Crippen LogP contribution in [-0.2, 0) is 34.3 Å². The summed E-state index contributed by atoms with van der Waals surface area (Å²) in [6, 6.07) is 6.83. The SMILES string of the molecule is Cc1cc(CNS(=O)(=O)c2ccc3c(c2)CCN(C(=O)C2(C)CC2)C3)no1. The molecule has 0 radical (unpaired) electrons. The molecule has 0 unspecified atom stereocenters. The number of benzene rings is 1. The molecule has 2 heterocycles. The molecule has 4 rings (SSSR count). The van der Waals surface area contributed by atoms with Crippen molar-refractivity contribution in [2.45, 2.75) is 51.1 Å². The summed E-state index contributed by atoms with van der Waals surface area (Å²) in [6.45, 7) is 5.04. The molecule has 1 aromatic heterocycles. The smallest absolute Gasteiger partial charge is 0.240 e. The maximum Gasteiger partial charge on any atom is 0.240 e. The van der Waals surface area contributed by atoms with Gasteiger partial charge in [-0.3, -0.25) is 4.79 Å². The zero-order valence-corrected chi connectivity index (χ0v) is 16.3. The number of nitrogens with one attached hydrogen (secondary N) is 1. The number of aryl methyl sites for hydroxylation is 1. The summed E-state index contributed by atoms with van der Waals surface area (Å²) in [5.74, 6) is 0.853. The van der Waals surface area contributed by atoms with E-state index in [1.807, 2.05) is 17.9 Å². The van der Waals surface area contributed by atoms with E-state index in [4.69, 9.17) is 4.52 Å². The lowest BCUT2D eigenvalue weighted by molar-refractivity contribution is -0.137. The van der Waals surface area contributed by atoms with Crippen LogP contribution in [0.15, 0.2) is 33.7 Å². The van der Waals surface area contributed by atoms with E-state index in [0.29, 0.717) is 31.0 Å². The number of amides is 1. The van der Waals surface area contributed by atoms with Gasteiger partial charge in [-0.05, 0) is 49.4 Å². The second kappa shape index (κ2) is 6.45. The molecule has 1 aromatic carbocycles. The van der Waals surface area contributed by atoms with Gasteiger partial charge in [-0.25, -0.2) is 13.1 Å². The number of carbonyl (C=O) groups excluding carboxylic acids is 1. The van der Waals surface area contributed by atoms with Crippen molar-refractivity contribution in [3.8, 4) is 0 Å². The first-order chi connectivity index (χ1) is 12.8. The fraction of sp³-hybridized carbons (Fsp3) is 0.474. The molecule has 0 atom stereocenters.